The van der Waals surface area contributed by atoms with Gasteiger partial charge in [-0.25, -0.2) is 4.39 Å². The zero-order valence-electron chi connectivity index (χ0n) is 7.62. The van der Waals surface area contributed by atoms with Gasteiger partial charge in [-0.05, 0) is 30.7 Å². The zero-order chi connectivity index (χ0) is 10.1. The molecular weight excluding hydrogens is 183 g/mol. The number of halogens is 1. The van der Waals surface area contributed by atoms with Crippen molar-refractivity contribution in [3.05, 3.63) is 35.6 Å². The highest BCUT2D eigenvalue weighted by atomic mass is 19.1. The van der Waals surface area contributed by atoms with Crippen LogP contribution in [-0.2, 0) is 0 Å². The molecular formula is C10H9FN2O. The first-order valence-corrected chi connectivity index (χ1v) is 4.15. The number of nitrogens with zero attached hydrogens (tertiary/aromatic N) is 1. The van der Waals surface area contributed by atoms with E-state index in [0.717, 1.165) is 11.1 Å². The quantitative estimate of drug-likeness (QED) is 0.754. The molecule has 0 spiro atoms. The van der Waals surface area contributed by atoms with Crippen LogP contribution in [-0.4, -0.2) is 5.16 Å². The fourth-order valence-corrected chi connectivity index (χ4v) is 1.33. The van der Waals surface area contributed by atoms with E-state index in [0.29, 0.717) is 5.69 Å². The second-order valence-electron chi connectivity index (χ2n) is 3.07. The highest BCUT2D eigenvalue weighted by Gasteiger charge is 2.07. The van der Waals surface area contributed by atoms with E-state index in [1.807, 2.05) is 6.92 Å². The zero-order valence-corrected chi connectivity index (χ0v) is 7.62. The van der Waals surface area contributed by atoms with E-state index in [2.05, 4.69) is 5.16 Å². The Bertz CT molecular complexity index is 465. The Morgan fingerprint density at radius 1 is 1.36 bits per heavy atom. The Morgan fingerprint density at radius 3 is 2.71 bits per heavy atom. The molecule has 0 amide bonds. The summed E-state index contributed by atoms with van der Waals surface area (Å²) in [4.78, 5) is 0. The summed E-state index contributed by atoms with van der Waals surface area (Å²) in [7, 11) is 0. The molecule has 3 nitrogen and oxygen atoms in total. The Labute approximate surface area is 80.3 Å². The van der Waals surface area contributed by atoms with Crippen LogP contribution in [0, 0.1) is 12.7 Å². The summed E-state index contributed by atoms with van der Waals surface area (Å²) in [5.74, 6) is -0.00792. The number of rotatable bonds is 1. The van der Waals surface area contributed by atoms with Crippen molar-refractivity contribution in [2.24, 2.45) is 0 Å². The largest absolute Gasteiger partial charge is 0.368 e. The van der Waals surface area contributed by atoms with Gasteiger partial charge in [-0.15, -0.1) is 0 Å². The highest BCUT2D eigenvalue weighted by Crippen LogP contribution is 2.24. The van der Waals surface area contributed by atoms with Crippen molar-refractivity contribution in [1.82, 2.24) is 5.16 Å². The molecule has 0 radical (unpaired) electrons. The second-order valence-corrected chi connectivity index (χ2v) is 3.07. The Kier molecular flexibility index (Phi) is 1.96. The predicted molar refractivity (Wildman–Crippen MR) is 51.0 cm³/mol. The van der Waals surface area contributed by atoms with Gasteiger partial charge in [0.05, 0.1) is 0 Å². The molecule has 2 N–H and O–H groups in total. The lowest BCUT2D eigenvalue weighted by Crippen LogP contribution is -1.84. The van der Waals surface area contributed by atoms with Crippen LogP contribution in [0.3, 0.4) is 0 Å². The lowest BCUT2D eigenvalue weighted by molar-refractivity contribution is 0.439. The molecule has 0 atom stereocenters. The predicted octanol–water partition coefficient (Wildman–Crippen LogP) is 2.37. The van der Waals surface area contributed by atoms with Gasteiger partial charge in [0.15, 0.2) is 0 Å². The van der Waals surface area contributed by atoms with Crippen LogP contribution in [0.2, 0.25) is 0 Å². The van der Waals surface area contributed by atoms with Gasteiger partial charge in [0.1, 0.15) is 11.5 Å². The molecule has 0 saturated carbocycles. The smallest absolute Gasteiger partial charge is 0.222 e. The van der Waals surface area contributed by atoms with Crippen molar-refractivity contribution in [1.29, 1.82) is 0 Å². The monoisotopic (exact) mass is 192 g/mol. The summed E-state index contributed by atoms with van der Waals surface area (Å²) in [6, 6.07) is 6.09. The van der Waals surface area contributed by atoms with Crippen molar-refractivity contribution in [3.8, 4) is 11.3 Å². The first kappa shape index (κ1) is 8.74. The summed E-state index contributed by atoms with van der Waals surface area (Å²) in [5.41, 5.74) is 7.65. The lowest BCUT2D eigenvalue weighted by Gasteiger charge is -2.00. The molecule has 0 bridgehead atoms. The third-order valence-corrected chi connectivity index (χ3v) is 1.99. The normalized spacial score (nSPS) is 10.4. The SMILES string of the molecule is Cc1cc(F)ccc1-c1cc(N)on1. The number of nitrogens with two attached hydrogens (primary N) is 1. The Morgan fingerprint density at radius 2 is 2.14 bits per heavy atom. The van der Waals surface area contributed by atoms with E-state index >= 15 is 0 Å². The minimum absolute atomic E-state index is 0.253. The van der Waals surface area contributed by atoms with Gasteiger partial charge in [-0.3, -0.25) is 0 Å². The molecule has 1 aromatic carbocycles. The molecule has 4 heteroatoms. The van der Waals surface area contributed by atoms with Crippen LogP contribution >= 0.6 is 0 Å². The molecule has 14 heavy (non-hydrogen) atoms. The van der Waals surface area contributed by atoms with Crippen molar-refractivity contribution >= 4 is 5.88 Å². The topological polar surface area (TPSA) is 52.0 Å². The number of hydrogen-bond acceptors (Lipinski definition) is 3. The van der Waals surface area contributed by atoms with E-state index in [9.17, 15) is 4.39 Å². The summed E-state index contributed by atoms with van der Waals surface area (Å²) >= 11 is 0. The molecule has 0 fully saturated rings. The number of aryl methyl sites for hydroxylation is 1. The average Bonchev–Trinajstić information content (AvgIpc) is 2.51. The number of benzene rings is 1. The van der Waals surface area contributed by atoms with Crippen LogP contribution in [0.5, 0.6) is 0 Å². The third kappa shape index (κ3) is 1.46. The summed E-state index contributed by atoms with van der Waals surface area (Å²) in [6.07, 6.45) is 0. The van der Waals surface area contributed by atoms with E-state index in [1.54, 1.807) is 12.1 Å². The van der Waals surface area contributed by atoms with Gasteiger partial charge in [0, 0.05) is 11.6 Å². The lowest BCUT2D eigenvalue weighted by atomic mass is 10.1. The van der Waals surface area contributed by atoms with Gasteiger partial charge in [0.25, 0.3) is 0 Å². The van der Waals surface area contributed by atoms with Crippen molar-refractivity contribution in [2.45, 2.75) is 6.92 Å². The maximum atomic E-state index is 12.8. The van der Waals surface area contributed by atoms with E-state index in [4.69, 9.17) is 10.3 Å². The third-order valence-electron chi connectivity index (χ3n) is 1.99. The number of hydrogen-bond donors (Lipinski definition) is 1. The standard InChI is InChI=1S/C10H9FN2O/c1-6-4-7(11)2-3-8(6)9-5-10(12)14-13-9/h2-5H,12H2,1H3. The van der Waals surface area contributed by atoms with Crippen LogP contribution in [0.15, 0.2) is 28.8 Å². The average molecular weight is 192 g/mol. The molecule has 2 aromatic rings. The molecule has 1 heterocycles. The second kappa shape index (κ2) is 3.14. The molecule has 0 aliphatic carbocycles. The van der Waals surface area contributed by atoms with Crippen molar-refractivity contribution in [3.63, 3.8) is 0 Å². The number of aromatic nitrogens is 1. The van der Waals surface area contributed by atoms with Crippen LogP contribution < -0.4 is 5.73 Å². The van der Waals surface area contributed by atoms with Crippen molar-refractivity contribution in [2.75, 3.05) is 5.73 Å². The minimum atomic E-state index is -0.261. The summed E-state index contributed by atoms with van der Waals surface area (Å²) in [6.45, 7) is 1.81. The number of anilines is 1. The summed E-state index contributed by atoms with van der Waals surface area (Å²) in [5, 5.41) is 3.75. The minimum Gasteiger partial charge on any atom is -0.368 e. The van der Waals surface area contributed by atoms with Gasteiger partial charge in [-0.1, -0.05) is 5.16 Å². The van der Waals surface area contributed by atoms with Crippen LogP contribution in [0.1, 0.15) is 5.56 Å². The fraction of sp³-hybridized carbons (Fsp3) is 0.100. The van der Waals surface area contributed by atoms with Gasteiger partial charge >= 0.3 is 0 Å². The maximum Gasteiger partial charge on any atom is 0.222 e. The molecule has 72 valence electrons. The van der Waals surface area contributed by atoms with Gasteiger partial charge < -0.3 is 10.3 Å². The van der Waals surface area contributed by atoms with E-state index in [1.165, 1.54) is 12.1 Å². The van der Waals surface area contributed by atoms with Crippen LogP contribution in [0.25, 0.3) is 11.3 Å². The molecule has 0 saturated heterocycles. The molecule has 2 rings (SSSR count). The maximum absolute atomic E-state index is 12.8. The molecule has 0 unspecified atom stereocenters. The highest BCUT2D eigenvalue weighted by molar-refractivity contribution is 5.64. The van der Waals surface area contributed by atoms with E-state index < -0.39 is 0 Å². The molecule has 1 aromatic heterocycles. The molecule has 0 aliphatic heterocycles. The Hall–Kier alpha value is -1.84. The van der Waals surface area contributed by atoms with Gasteiger partial charge in [0.2, 0.25) is 5.88 Å². The molecule has 0 aliphatic rings. The van der Waals surface area contributed by atoms with E-state index in [-0.39, 0.29) is 11.7 Å². The summed E-state index contributed by atoms with van der Waals surface area (Å²) < 4.78 is 17.5. The first-order valence-electron chi connectivity index (χ1n) is 4.15. The fourth-order valence-electron chi connectivity index (χ4n) is 1.33. The van der Waals surface area contributed by atoms with Crippen molar-refractivity contribution < 1.29 is 8.91 Å². The first-order chi connectivity index (χ1) is 6.66. The Balaban J connectivity index is 2.52. The van der Waals surface area contributed by atoms with Gasteiger partial charge in [-0.2, -0.15) is 0 Å². The van der Waals surface area contributed by atoms with Crippen LogP contribution in [0.4, 0.5) is 10.3 Å². The number of nitrogen functional groups attached to an aromatic ring is 1.